The number of H-pyrrole nitrogens is 1. The highest BCUT2D eigenvalue weighted by atomic mass is 19.1. The first-order chi connectivity index (χ1) is 14.0. The molecule has 0 saturated heterocycles. The Morgan fingerprint density at radius 1 is 1.28 bits per heavy atom. The summed E-state index contributed by atoms with van der Waals surface area (Å²) in [5.74, 6) is 5.40. The van der Waals surface area contributed by atoms with Crippen molar-refractivity contribution in [3.8, 4) is 29.0 Å². The van der Waals surface area contributed by atoms with Gasteiger partial charge in [0, 0.05) is 36.0 Å². The number of halogens is 1. The Morgan fingerprint density at radius 2 is 2.07 bits per heavy atom. The van der Waals surface area contributed by atoms with Crippen LogP contribution < -0.4 is 10.1 Å². The van der Waals surface area contributed by atoms with Gasteiger partial charge in [0.1, 0.15) is 17.4 Å². The van der Waals surface area contributed by atoms with E-state index in [2.05, 4.69) is 27.1 Å². The second-order valence-corrected chi connectivity index (χ2v) is 6.00. The molecule has 1 amide bonds. The van der Waals surface area contributed by atoms with Crippen LogP contribution in [0.25, 0.3) is 11.4 Å². The summed E-state index contributed by atoms with van der Waals surface area (Å²) in [6.07, 6.45) is 2.86. The van der Waals surface area contributed by atoms with Crippen molar-refractivity contribution < 1.29 is 18.7 Å². The lowest BCUT2D eigenvalue weighted by Gasteiger charge is -2.17. The smallest absolute Gasteiger partial charge is 0.300 e. The monoisotopic (exact) mass is 393 g/mol. The lowest BCUT2D eigenvalue weighted by atomic mass is 10.1. The number of anilines is 1. The summed E-state index contributed by atoms with van der Waals surface area (Å²) >= 11 is 0. The molecular formula is C22H20FN3O3. The molecule has 29 heavy (non-hydrogen) atoms. The molecular weight excluding hydrogens is 373 g/mol. The van der Waals surface area contributed by atoms with Crippen molar-refractivity contribution in [3.05, 3.63) is 66.2 Å². The Balaban J connectivity index is 1.83. The molecule has 0 radical (unpaired) electrons. The summed E-state index contributed by atoms with van der Waals surface area (Å²) in [4.78, 5) is 19.6. The predicted octanol–water partition coefficient (Wildman–Crippen LogP) is 3.97. The maximum Gasteiger partial charge on any atom is 0.300 e. The summed E-state index contributed by atoms with van der Waals surface area (Å²) in [6, 6.07) is 10.9. The van der Waals surface area contributed by atoms with E-state index in [0.29, 0.717) is 29.4 Å². The zero-order chi connectivity index (χ0) is 20.6. The number of aromatic nitrogens is 2. The maximum atomic E-state index is 13.0. The van der Waals surface area contributed by atoms with E-state index in [1.807, 2.05) is 13.0 Å². The number of carbonyl (C=O) groups excluding carboxylic acids is 1. The SMILES string of the molecule is CCOC(C)Oc1ccc(-c2ncc[nH]2)cc1NC(=O)C#Cc1ccc(F)cc1. The second-order valence-electron chi connectivity index (χ2n) is 6.00. The average Bonchev–Trinajstić information content (AvgIpc) is 3.24. The van der Waals surface area contributed by atoms with Gasteiger partial charge >= 0.3 is 5.91 Å². The van der Waals surface area contributed by atoms with Gasteiger partial charge in [0.15, 0.2) is 6.29 Å². The zero-order valence-electron chi connectivity index (χ0n) is 16.0. The summed E-state index contributed by atoms with van der Waals surface area (Å²) in [5, 5.41) is 2.73. The van der Waals surface area contributed by atoms with Crippen LogP contribution in [0.2, 0.25) is 0 Å². The number of rotatable bonds is 6. The fourth-order valence-electron chi connectivity index (χ4n) is 2.56. The van der Waals surface area contributed by atoms with E-state index in [4.69, 9.17) is 9.47 Å². The number of amides is 1. The molecule has 1 aromatic heterocycles. The third kappa shape index (κ3) is 5.67. The fraction of sp³-hybridized carbons (Fsp3) is 0.182. The van der Waals surface area contributed by atoms with Crippen LogP contribution in [0.1, 0.15) is 19.4 Å². The van der Waals surface area contributed by atoms with E-state index >= 15 is 0 Å². The molecule has 1 unspecified atom stereocenters. The molecule has 0 aliphatic heterocycles. The predicted molar refractivity (Wildman–Crippen MR) is 108 cm³/mol. The van der Waals surface area contributed by atoms with E-state index in [0.717, 1.165) is 5.56 Å². The second kappa shape index (κ2) is 9.53. The number of hydrogen-bond acceptors (Lipinski definition) is 4. The Kier molecular flexibility index (Phi) is 6.61. The molecule has 0 spiro atoms. The van der Waals surface area contributed by atoms with Gasteiger partial charge in [0.25, 0.3) is 0 Å². The van der Waals surface area contributed by atoms with E-state index in [9.17, 15) is 9.18 Å². The molecule has 3 aromatic rings. The quantitative estimate of drug-likeness (QED) is 0.491. The van der Waals surface area contributed by atoms with Gasteiger partial charge in [-0.2, -0.15) is 0 Å². The molecule has 148 valence electrons. The molecule has 0 bridgehead atoms. The van der Waals surface area contributed by atoms with E-state index in [1.54, 1.807) is 31.5 Å². The molecule has 0 saturated carbocycles. The molecule has 3 rings (SSSR count). The van der Waals surface area contributed by atoms with Crippen molar-refractivity contribution in [1.82, 2.24) is 9.97 Å². The molecule has 7 heteroatoms. The summed E-state index contributed by atoms with van der Waals surface area (Å²) in [5.41, 5.74) is 1.74. The Labute approximate surface area is 168 Å². The van der Waals surface area contributed by atoms with Gasteiger partial charge in [0.05, 0.1) is 5.69 Å². The van der Waals surface area contributed by atoms with Crippen LogP contribution in [0.5, 0.6) is 5.75 Å². The van der Waals surface area contributed by atoms with Gasteiger partial charge in [-0.1, -0.05) is 5.92 Å². The van der Waals surface area contributed by atoms with Crippen LogP contribution in [0.4, 0.5) is 10.1 Å². The number of aromatic amines is 1. The third-order valence-corrected chi connectivity index (χ3v) is 3.86. The highest BCUT2D eigenvalue weighted by molar-refractivity contribution is 6.05. The molecule has 6 nitrogen and oxygen atoms in total. The molecule has 2 aromatic carbocycles. The van der Waals surface area contributed by atoms with E-state index in [-0.39, 0.29) is 5.82 Å². The maximum absolute atomic E-state index is 13.0. The molecule has 0 fully saturated rings. The topological polar surface area (TPSA) is 76.2 Å². The van der Waals surface area contributed by atoms with E-state index < -0.39 is 12.2 Å². The minimum absolute atomic E-state index is 0.361. The molecule has 0 aliphatic carbocycles. The average molecular weight is 393 g/mol. The van der Waals surface area contributed by atoms with Crippen LogP contribution in [-0.4, -0.2) is 28.8 Å². The Morgan fingerprint density at radius 3 is 2.76 bits per heavy atom. The molecule has 2 N–H and O–H groups in total. The first kappa shape index (κ1) is 20.1. The molecule has 1 atom stereocenters. The van der Waals surface area contributed by atoms with Crippen molar-refractivity contribution in [1.29, 1.82) is 0 Å². The minimum Gasteiger partial charge on any atom is -0.463 e. The van der Waals surface area contributed by atoms with Crippen LogP contribution in [0.15, 0.2) is 54.9 Å². The van der Waals surface area contributed by atoms with E-state index in [1.165, 1.54) is 24.3 Å². The number of benzene rings is 2. The first-order valence-corrected chi connectivity index (χ1v) is 9.05. The summed E-state index contributed by atoms with van der Waals surface area (Å²) in [6.45, 7) is 4.13. The van der Waals surface area contributed by atoms with Crippen molar-refractivity contribution in [2.24, 2.45) is 0 Å². The third-order valence-electron chi connectivity index (χ3n) is 3.86. The lowest BCUT2D eigenvalue weighted by Crippen LogP contribution is -2.18. The van der Waals surface area contributed by atoms with Gasteiger partial charge in [-0.05, 0) is 56.3 Å². The number of nitrogens with one attached hydrogen (secondary N) is 2. The fourth-order valence-corrected chi connectivity index (χ4v) is 2.56. The first-order valence-electron chi connectivity index (χ1n) is 9.05. The lowest BCUT2D eigenvalue weighted by molar-refractivity contribution is -0.111. The number of hydrogen-bond donors (Lipinski definition) is 2. The Bertz CT molecular complexity index is 1020. The van der Waals surface area contributed by atoms with Crippen molar-refractivity contribution >= 4 is 11.6 Å². The Hall–Kier alpha value is -3.63. The normalized spacial score (nSPS) is 11.3. The largest absolute Gasteiger partial charge is 0.463 e. The highest BCUT2D eigenvalue weighted by Crippen LogP contribution is 2.30. The zero-order valence-corrected chi connectivity index (χ0v) is 16.0. The number of ether oxygens (including phenoxy) is 2. The van der Waals surface area contributed by atoms with Crippen LogP contribution in [0.3, 0.4) is 0 Å². The van der Waals surface area contributed by atoms with Gasteiger partial charge in [-0.15, -0.1) is 0 Å². The summed E-state index contributed by atoms with van der Waals surface area (Å²) in [7, 11) is 0. The molecule has 0 aliphatic rings. The standard InChI is InChI=1S/C22H20FN3O3/c1-3-28-15(2)29-20-10-7-17(22-24-12-13-25-22)14-19(20)26-21(27)11-6-16-4-8-18(23)9-5-16/h4-5,7-10,12-15H,3H2,1-2H3,(H,24,25)(H,26,27). The van der Waals surface area contributed by atoms with Crippen LogP contribution in [-0.2, 0) is 9.53 Å². The number of carbonyl (C=O) groups is 1. The highest BCUT2D eigenvalue weighted by Gasteiger charge is 2.13. The number of imidazole rings is 1. The van der Waals surface area contributed by atoms with Gasteiger partial charge < -0.3 is 19.8 Å². The van der Waals surface area contributed by atoms with Crippen LogP contribution >= 0.6 is 0 Å². The van der Waals surface area contributed by atoms with Gasteiger partial charge in [-0.3, -0.25) is 4.79 Å². The van der Waals surface area contributed by atoms with Crippen molar-refractivity contribution in [2.75, 3.05) is 11.9 Å². The minimum atomic E-state index is -0.528. The van der Waals surface area contributed by atoms with Crippen molar-refractivity contribution in [3.63, 3.8) is 0 Å². The van der Waals surface area contributed by atoms with Crippen molar-refractivity contribution in [2.45, 2.75) is 20.1 Å². The van der Waals surface area contributed by atoms with Crippen LogP contribution in [0, 0.1) is 17.7 Å². The van der Waals surface area contributed by atoms with Gasteiger partial charge in [-0.25, -0.2) is 9.37 Å². The van der Waals surface area contributed by atoms with Gasteiger partial charge in [0.2, 0.25) is 0 Å². The number of nitrogens with zero attached hydrogens (tertiary/aromatic N) is 1. The summed E-state index contributed by atoms with van der Waals surface area (Å²) < 4.78 is 24.2. The molecule has 1 heterocycles.